The Morgan fingerprint density at radius 2 is 2.06 bits per heavy atom. The van der Waals surface area contributed by atoms with Gasteiger partial charge in [-0.3, -0.25) is 4.57 Å². The Bertz CT molecular complexity index is 511. The molecule has 4 heteroatoms. The Morgan fingerprint density at radius 3 is 2.71 bits per heavy atom. The number of aryl methyl sites for hydroxylation is 1. The minimum Gasteiger partial charge on any atom is -0.369 e. The van der Waals surface area contributed by atoms with Crippen molar-refractivity contribution in [3.8, 4) is 0 Å². The summed E-state index contributed by atoms with van der Waals surface area (Å²) in [6.45, 7) is 7.34. The van der Waals surface area contributed by atoms with Crippen molar-refractivity contribution in [1.29, 1.82) is 0 Å². The van der Waals surface area contributed by atoms with Crippen LogP contribution in [0.15, 0.2) is 12.3 Å². The largest absolute Gasteiger partial charge is 0.369 e. The highest BCUT2D eigenvalue weighted by Gasteiger charge is 2.13. The van der Waals surface area contributed by atoms with Crippen molar-refractivity contribution in [2.75, 3.05) is 5.73 Å². The van der Waals surface area contributed by atoms with Crippen LogP contribution >= 0.6 is 0 Å². The van der Waals surface area contributed by atoms with Crippen LogP contribution in [0.25, 0.3) is 11.2 Å². The highest BCUT2D eigenvalue weighted by atomic mass is 15.2. The summed E-state index contributed by atoms with van der Waals surface area (Å²) in [6, 6.07) is 2.03. The van der Waals surface area contributed by atoms with E-state index in [1.54, 1.807) is 0 Å². The topological polar surface area (TPSA) is 56.7 Å². The Labute approximate surface area is 102 Å². The van der Waals surface area contributed by atoms with E-state index in [0.717, 1.165) is 36.1 Å². The van der Waals surface area contributed by atoms with Crippen LogP contribution in [0.4, 0.5) is 5.95 Å². The molecule has 0 atom stereocenters. The molecule has 0 aliphatic rings. The van der Waals surface area contributed by atoms with Gasteiger partial charge in [-0.2, -0.15) is 0 Å². The van der Waals surface area contributed by atoms with Gasteiger partial charge < -0.3 is 5.73 Å². The maximum atomic E-state index is 5.97. The lowest BCUT2D eigenvalue weighted by atomic mass is 10.0. The summed E-state index contributed by atoms with van der Waals surface area (Å²) in [5, 5.41) is 0. The van der Waals surface area contributed by atoms with Crippen LogP contribution in [0.1, 0.15) is 32.3 Å². The maximum absolute atomic E-state index is 5.97. The minimum absolute atomic E-state index is 0.574. The first-order valence-corrected chi connectivity index (χ1v) is 6.24. The zero-order valence-electron chi connectivity index (χ0n) is 10.8. The second kappa shape index (κ2) is 4.73. The molecule has 0 aromatic carbocycles. The Morgan fingerprint density at radius 1 is 1.35 bits per heavy atom. The third kappa shape index (κ3) is 2.25. The second-order valence-corrected chi connectivity index (χ2v) is 4.62. The molecule has 92 valence electrons. The van der Waals surface area contributed by atoms with E-state index in [0.29, 0.717) is 11.9 Å². The van der Waals surface area contributed by atoms with E-state index in [1.165, 1.54) is 0 Å². The molecule has 0 aliphatic carbocycles. The predicted octanol–water partition coefficient (Wildman–Crippen LogP) is 2.76. The van der Waals surface area contributed by atoms with Crippen LogP contribution < -0.4 is 5.73 Å². The summed E-state index contributed by atoms with van der Waals surface area (Å²) < 4.78 is 2.03. The summed E-state index contributed by atoms with van der Waals surface area (Å²) >= 11 is 0. The molecule has 2 aromatic heterocycles. The van der Waals surface area contributed by atoms with E-state index in [4.69, 9.17) is 5.73 Å². The van der Waals surface area contributed by atoms with Gasteiger partial charge in [0.2, 0.25) is 5.95 Å². The molecular weight excluding hydrogens is 212 g/mol. The lowest BCUT2D eigenvalue weighted by molar-refractivity contribution is 0.426. The summed E-state index contributed by atoms with van der Waals surface area (Å²) in [4.78, 5) is 8.82. The number of imidazole rings is 1. The van der Waals surface area contributed by atoms with Crippen LogP contribution in [-0.4, -0.2) is 14.5 Å². The molecule has 0 amide bonds. The SMILES string of the molecule is CCC(CC)Cn1c(N)nc2cc(C)cnc21. The molecule has 2 N–H and O–H groups in total. The van der Waals surface area contributed by atoms with Gasteiger partial charge in [0.05, 0.1) is 0 Å². The molecule has 0 saturated heterocycles. The van der Waals surface area contributed by atoms with Gasteiger partial charge in [0.1, 0.15) is 5.52 Å². The van der Waals surface area contributed by atoms with Crippen LogP contribution in [0.2, 0.25) is 0 Å². The van der Waals surface area contributed by atoms with E-state index in [2.05, 4.69) is 23.8 Å². The molecule has 0 aliphatic heterocycles. The van der Waals surface area contributed by atoms with Gasteiger partial charge in [-0.15, -0.1) is 0 Å². The first kappa shape index (κ1) is 11.9. The van der Waals surface area contributed by atoms with Crippen molar-refractivity contribution < 1.29 is 0 Å². The number of anilines is 1. The monoisotopic (exact) mass is 232 g/mol. The molecule has 2 rings (SSSR count). The fourth-order valence-electron chi connectivity index (χ4n) is 2.11. The Balaban J connectivity index is 2.42. The lowest BCUT2D eigenvalue weighted by Gasteiger charge is -2.14. The molecule has 0 bridgehead atoms. The highest BCUT2D eigenvalue weighted by molar-refractivity contribution is 5.74. The van der Waals surface area contributed by atoms with Gasteiger partial charge in [0, 0.05) is 12.7 Å². The van der Waals surface area contributed by atoms with Crippen molar-refractivity contribution in [2.45, 2.75) is 40.2 Å². The molecule has 4 nitrogen and oxygen atoms in total. The molecule has 2 aromatic rings. The molecule has 0 unspecified atom stereocenters. The molecule has 2 heterocycles. The zero-order valence-corrected chi connectivity index (χ0v) is 10.8. The standard InChI is InChI=1S/C13H20N4/c1-4-10(5-2)8-17-12-11(16-13(17)14)6-9(3)7-15-12/h6-7,10H,4-5,8H2,1-3H3,(H2,14,16). The normalized spacial score (nSPS) is 11.5. The molecule has 0 radical (unpaired) electrons. The van der Waals surface area contributed by atoms with E-state index in [-0.39, 0.29) is 0 Å². The summed E-state index contributed by atoms with van der Waals surface area (Å²) in [6.07, 6.45) is 4.18. The van der Waals surface area contributed by atoms with Crippen LogP contribution in [-0.2, 0) is 6.54 Å². The third-order valence-corrected chi connectivity index (χ3v) is 3.35. The van der Waals surface area contributed by atoms with Crippen molar-refractivity contribution >= 4 is 17.1 Å². The van der Waals surface area contributed by atoms with Gasteiger partial charge in [0.25, 0.3) is 0 Å². The molecule has 0 spiro atoms. The van der Waals surface area contributed by atoms with Gasteiger partial charge in [-0.1, -0.05) is 26.7 Å². The quantitative estimate of drug-likeness (QED) is 0.881. The van der Waals surface area contributed by atoms with Crippen LogP contribution in [0, 0.1) is 12.8 Å². The van der Waals surface area contributed by atoms with Crippen molar-refractivity contribution in [1.82, 2.24) is 14.5 Å². The molecule has 0 fully saturated rings. The third-order valence-electron chi connectivity index (χ3n) is 3.35. The molecule has 17 heavy (non-hydrogen) atoms. The first-order valence-electron chi connectivity index (χ1n) is 6.24. The van der Waals surface area contributed by atoms with Crippen LogP contribution in [0.5, 0.6) is 0 Å². The van der Waals surface area contributed by atoms with E-state index < -0.39 is 0 Å². The van der Waals surface area contributed by atoms with Crippen molar-refractivity contribution in [3.63, 3.8) is 0 Å². The molecular formula is C13H20N4. The summed E-state index contributed by atoms with van der Waals surface area (Å²) in [5.41, 5.74) is 8.89. The number of rotatable bonds is 4. The number of aromatic nitrogens is 3. The van der Waals surface area contributed by atoms with Crippen molar-refractivity contribution in [3.05, 3.63) is 17.8 Å². The van der Waals surface area contributed by atoms with E-state index in [1.807, 2.05) is 23.8 Å². The van der Waals surface area contributed by atoms with Gasteiger partial charge in [-0.05, 0) is 24.5 Å². The van der Waals surface area contributed by atoms with Gasteiger partial charge >= 0.3 is 0 Å². The number of nitrogens with two attached hydrogens (primary N) is 1. The summed E-state index contributed by atoms with van der Waals surface area (Å²) in [5.74, 6) is 1.21. The second-order valence-electron chi connectivity index (χ2n) is 4.62. The maximum Gasteiger partial charge on any atom is 0.202 e. The molecule has 0 saturated carbocycles. The fraction of sp³-hybridized carbons (Fsp3) is 0.538. The van der Waals surface area contributed by atoms with Gasteiger partial charge in [0.15, 0.2) is 5.65 Å². The Kier molecular flexibility index (Phi) is 3.31. The zero-order chi connectivity index (χ0) is 12.4. The highest BCUT2D eigenvalue weighted by Crippen LogP contribution is 2.20. The Hall–Kier alpha value is -1.58. The van der Waals surface area contributed by atoms with E-state index in [9.17, 15) is 0 Å². The van der Waals surface area contributed by atoms with Gasteiger partial charge in [-0.25, -0.2) is 9.97 Å². The number of pyridine rings is 1. The average Bonchev–Trinajstić information content (AvgIpc) is 2.61. The minimum atomic E-state index is 0.574. The van der Waals surface area contributed by atoms with Crippen molar-refractivity contribution in [2.24, 2.45) is 5.92 Å². The number of hydrogen-bond acceptors (Lipinski definition) is 3. The number of nitrogen functional groups attached to an aromatic ring is 1. The number of fused-ring (bicyclic) bond motifs is 1. The first-order chi connectivity index (χ1) is 8.15. The smallest absolute Gasteiger partial charge is 0.202 e. The fourth-order valence-corrected chi connectivity index (χ4v) is 2.11. The lowest BCUT2D eigenvalue weighted by Crippen LogP contribution is -2.12. The summed E-state index contributed by atoms with van der Waals surface area (Å²) in [7, 11) is 0. The van der Waals surface area contributed by atoms with E-state index >= 15 is 0 Å². The number of hydrogen-bond donors (Lipinski definition) is 1. The number of nitrogens with zero attached hydrogens (tertiary/aromatic N) is 3. The predicted molar refractivity (Wildman–Crippen MR) is 70.7 cm³/mol. The average molecular weight is 232 g/mol. The van der Waals surface area contributed by atoms with Crippen LogP contribution in [0.3, 0.4) is 0 Å².